The van der Waals surface area contributed by atoms with Gasteiger partial charge in [0.05, 0.1) is 11.7 Å². The lowest BCUT2D eigenvalue weighted by Crippen LogP contribution is -2.32. The highest BCUT2D eigenvalue weighted by Gasteiger charge is 2.13. The van der Waals surface area contributed by atoms with E-state index >= 15 is 0 Å². The van der Waals surface area contributed by atoms with Gasteiger partial charge in [-0.05, 0) is 36.8 Å². The molecule has 0 radical (unpaired) electrons. The van der Waals surface area contributed by atoms with Crippen LogP contribution in [0.4, 0.5) is 5.69 Å². The van der Waals surface area contributed by atoms with E-state index in [0.717, 1.165) is 16.5 Å². The summed E-state index contributed by atoms with van der Waals surface area (Å²) in [7, 11) is 0. The molecule has 0 bridgehead atoms. The summed E-state index contributed by atoms with van der Waals surface area (Å²) in [5.74, 6) is -1.69. The van der Waals surface area contributed by atoms with E-state index in [1.165, 1.54) is 6.21 Å². The van der Waals surface area contributed by atoms with Gasteiger partial charge in [-0.15, -0.1) is 0 Å². The van der Waals surface area contributed by atoms with Crippen LogP contribution in [-0.2, 0) is 9.59 Å². The molecule has 0 unspecified atom stereocenters. The maximum atomic E-state index is 11.9. The molecule has 2 N–H and O–H groups in total. The lowest BCUT2D eigenvalue weighted by Gasteiger charge is -2.05. The molecule has 0 saturated heterocycles. The molecular weight excluding hydrogens is 352 g/mol. The van der Waals surface area contributed by atoms with Crippen LogP contribution in [0.15, 0.2) is 59.7 Å². The number of nitrogens with one attached hydrogen (secondary N) is 2. The molecule has 2 aromatic carbocycles. The number of hydrogen-bond donors (Lipinski definition) is 2. The first kappa shape index (κ1) is 17.6. The quantitative estimate of drug-likeness (QED) is 0.323. The number of carbonyl (C=O) groups excluding carboxylic acids is 2. The summed E-state index contributed by atoms with van der Waals surface area (Å²) in [5.41, 5.74) is 4.98. The maximum absolute atomic E-state index is 11.9. The van der Waals surface area contributed by atoms with Gasteiger partial charge in [-0.1, -0.05) is 41.9 Å². The van der Waals surface area contributed by atoms with Crippen molar-refractivity contribution in [2.75, 3.05) is 5.32 Å². The summed E-state index contributed by atoms with van der Waals surface area (Å²) in [5, 5.41) is 7.43. The van der Waals surface area contributed by atoms with Crippen molar-refractivity contribution in [3.8, 4) is 0 Å². The van der Waals surface area contributed by atoms with Crippen LogP contribution < -0.4 is 10.7 Å². The molecule has 0 spiro atoms. The third kappa shape index (κ3) is 4.23. The molecule has 0 saturated carbocycles. The molecule has 1 heterocycles. The van der Waals surface area contributed by atoms with Crippen LogP contribution in [0.3, 0.4) is 0 Å². The molecule has 0 aliphatic heterocycles. The summed E-state index contributed by atoms with van der Waals surface area (Å²) in [6.45, 7) is 1.89. The van der Waals surface area contributed by atoms with Crippen LogP contribution in [0.2, 0.25) is 5.15 Å². The number of halogens is 1. The Bertz CT molecular complexity index is 1020. The Morgan fingerprint density at radius 3 is 2.69 bits per heavy atom. The average Bonchev–Trinajstić information content (AvgIpc) is 2.62. The van der Waals surface area contributed by atoms with E-state index < -0.39 is 11.8 Å². The Morgan fingerprint density at radius 2 is 1.88 bits per heavy atom. The molecular formula is C19H15ClN4O2. The Balaban J connectivity index is 1.65. The molecule has 26 heavy (non-hydrogen) atoms. The first-order valence-electron chi connectivity index (χ1n) is 7.79. The molecule has 0 fully saturated rings. The number of fused-ring (bicyclic) bond motifs is 1. The highest BCUT2D eigenvalue weighted by atomic mass is 35.5. The third-order valence-corrected chi connectivity index (χ3v) is 3.86. The summed E-state index contributed by atoms with van der Waals surface area (Å²) in [6, 6.07) is 16.4. The van der Waals surface area contributed by atoms with Gasteiger partial charge in [0, 0.05) is 16.6 Å². The topological polar surface area (TPSA) is 83.5 Å². The summed E-state index contributed by atoms with van der Waals surface area (Å²) in [4.78, 5) is 28.0. The molecule has 7 heteroatoms. The zero-order chi connectivity index (χ0) is 18.5. The average molecular weight is 367 g/mol. The molecule has 3 aromatic rings. The number of rotatable bonds is 3. The minimum atomic E-state index is -0.882. The SMILES string of the molecule is Cc1cccc(NC(=O)C(=O)N/N=C\c2cc3ccccc3nc2Cl)c1. The maximum Gasteiger partial charge on any atom is 0.329 e. The number of aryl methyl sites for hydroxylation is 1. The van der Waals surface area contributed by atoms with E-state index in [-0.39, 0.29) is 5.15 Å². The summed E-state index contributed by atoms with van der Waals surface area (Å²) < 4.78 is 0. The highest BCUT2D eigenvalue weighted by Crippen LogP contribution is 2.18. The normalized spacial score (nSPS) is 10.8. The second kappa shape index (κ2) is 7.76. The van der Waals surface area contributed by atoms with Crippen molar-refractivity contribution in [3.05, 3.63) is 70.9 Å². The number of para-hydroxylation sites is 1. The molecule has 3 rings (SSSR count). The number of amides is 2. The number of hydrazone groups is 1. The van der Waals surface area contributed by atoms with Crippen molar-refractivity contribution >= 4 is 46.2 Å². The van der Waals surface area contributed by atoms with Crippen molar-refractivity contribution in [2.45, 2.75) is 6.92 Å². The number of nitrogens with zero attached hydrogens (tertiary/aromatic N) is 2. The predicted molar refractivity (Wildman–Crippen MR) is 102 cm³/mol. The first-order chi connectivity index (χ1) is 12.5. The fourth-order valence-electron chi connectivity index (χ4n) is 2.32. The minimum Gasteiger partial charge on any atom is -0.318 e. The monoisotopic (exact) mass is 366 g/mol. The van der Waals surface area contributed by atoms with E-state index in [1.54, 1.807) is 24.3 Å². The van der Waals surface area contributed by atoms with Gasteiger partial charge in [-0.25, -0.2) is 10.4 Å². The van der Waals surface area contributed by atoms with Crippen molar-refractivity contribution in [1.82, 2.24) is 10.4 Å². The summed E-state index contributed by atoms with van der Waals surface area (Å²) in [6.07, 6.45) is 1.35. The standard InChI is InChI=1S/C19H15ClN4O2/c1-12-5-4-7-15(9-12)22-18(25)19(26)24-21-11-14-10-13-6-2-3-8-16(13)23-17(14)20/h2-11H,1H3,(H,22,25)(H,24,26)/b21-11-. The van der Waals surface area contributed by atoms with Crippen LogP contribution >= 0.6 is 11.6 Å². The lowest BCUT2D eigenvalue weighted by molar-refractivity contribution is -0.136. The number of pyridine rings is 1. The molecule has 2 amide bonds. The van der Waals surface area contributed by atoms with E-state index in [2.05, 4.69) is 20.8 Å². The van der Waals surface area contributed by atoms with Crippen LogP contribution in [0.5, 0.6) is 0 Å². The molecule has 0 aliphatic rings. The largest absolute Gasteiger partial charge is 0.329 e. The van der Waals surface area contributed by atoms with Crippen molar-refractivity contribution in [3.63, 3.8) is 0 Å². The van der Waals surface area contributed by atoms with Gasteiger partial charge < -0.3 is 5.32 Å². The zero-order valence-electron chi connectivity index (χ0n) is 13.9. The van der Waals surface area contributed by atoms with E-state index in [1.807, 2.05) is 37.3 Å². The third-order valence-electron chi connectivity index (χ3n) is 3.56. The molecule has 130 valence electrons. The lowest BCUT2D eigenvalue weighted by atomic mass is 10.2. The second-order valence-corrected chi connectivity index (χ2v) is 5.94. The fourth-order valence-corrected chi connectivity index (χ4v) is 2.52. The van der Waals surface area contributed by atoms with Crippen molar-refractivity contribution in [1.29, 1.82) is 0 Å². The highest BCUT2D eigenvalue weighted by molar-refractivity contribution is 6.39. The number of hydrogen-bond acceptors (Lipinski definition) is 4. The van der Waals surface area contributed by atoms with E-state index in [9.17, 15) is 9.59 Å². The van der Waals surface area contributed by atoms with Gasteiger partial charge in [0.15, 0.2) is 0 Å². The van der Waals surface area contributed by atoms with Gasteiger partial charge >= 0.3 is 11.8 Å². The first-order valence-corrected chi connectivity index (χ1v) is 8.17. The smallest absolute Gasteiger partial charge is 0.318 e. The number of carbonyl (C=O) groups is 2. The van der Waals surface area contributed by atoms with Crippen LogP contribution in [-0.4, -0.2) is 23.0 Å². The van der Waals surface area contributed by atoms with Crippen molar-refractivity contribution in [2.24, 2.45) is 5.10 Å². The number of benzene rings is 2. The fraction of sp³-hybridized carbons (Fsp3) is 0.0526. The van der Waals surface area contributed by atoms with E-state index in [4.69, 9.17) is 11.6 Å². The van der Waals surface area contributed by atoms with Crippen LogP contribution in [0.1, 0.15) is 11.1 Å². The Hall–Kier alpha value is -3.25. The molecule has 1 aromatic heterocycles. The Morgan fingerprint density at radius 1 is 1.08 bits per heavy atom. The van der Waals surface area contributed by atoms with Crippen LogP contribution in [0.25, 0.3) is 10.9 Å². The van der Waals surface area contributed by atoms with Gasteiger partial charge in [0.2, 0.25) is 0 Å². The Kier molecular flexibility index (Phi) is 5.24. The van der Waals surface area contributed by atoms with E-state index in [0.29, 0.717) is 11.3 Å². The number of anilines is 1. The van der Waals surface area contributed by atoms with Crippen molar-refractivity contribution < 1.29 is 9.59 Å². The zero-order valence-corrected chi connectivity index (χ0v) is 14.6. The Labute approximate surface area is 154 Å². The van der Waals surface area contributed by atoms with Gasteiger partial charge in [0.25, 0.3) is 0 Å². The van der Waals surface area contributed by atoms with Crippen LogP contribution in [0, 0.1) is 6.92 Å². The van der Waals surface area contributed by atoms with Gasteiger partial charge in [-0.3, -0.25) is 9.59 Å². The summed E-state index contributed by atoms with van der Waals surface area (Å²) >= 11 is 6.11. The van der Waals surface area contributed by atoms with Gasteiger partial charge in [-0.2, -0.15) is 5.10 Å². The second-order valence-electron chi connectivity index (χ2n) is 5.58. The number of aromatic nitrogens is 1. The van der Waals surface area contributed by atoms with Gasteiger partial charge in [0.1, 0.15) is 5.15 Å². The molecule has 0 atom stereocenters. The molecule has 6 nitrogen and oxygen atoms in total. The predicted octanol–water partition coefficient (Wildman–Crippen LogP) is 3.29. The minimum absolute atomic E-state index is 0.255. The molecule has 0 aliphatic carbocycles.